The molecule has 0 saturated carbocycles. The maximum absolute atomic E-state index is 12.3. The second-order valence-electron chi connectivity index (χ2n) is 7.56. The van der Waals surface area contributed by atoms with Crippen LogP contribution in [-0.2, 0) is 26.4 Å². The zero-order chi connectivity index (χ0) is 24.6. The van der Waals surface area contributed by atoms with Gasteiger partial charge in [-0.3, -0.25) is 0 Å². The minimum atomic E-state index is -0.973. The van der Waals surface area contributed by atoms with Gasteiger partial charge in [0, 0.05) is 25.3 Å². The molecule has 1 unspecified atom stereocenters. The van der Waals surface area contributed by atoms with Gasteiger partial charge in [-0.05, 0) is 49.3 Å². The first-order valence-electron chi connectivity index (χ1n) is 11.6. The molecular weight excluding hydrogens is 454 g/mol. The highest BCUT2D eigenvalue weighted by molar-refractivity contribution is 7.98. The minimum absolute atomic E-state index is 0.294. The third-order valence-electron chi connectivity index (χ3n) is 4.97. The maximum Gasteiger partial charge on any atom is 0.409 e. The number of aliphatic carboxylic acids is 1. The molecule has 0 aliphatic carbocycles. The van der Waals surface area contributed by atoms with Gasteiger partial charge < -0.3 is 24.2 Å². The molecule has 2 aromatic rings. The average Bonchev–Trinajstić information content (AvgIpc) is 2.84. The van der Waals surface area contributed by atoms with Crippen molar-refractivity contribution in [3.8, 4) is 5.75 Å². The Bertz CT molecular complexity index is 846. The van der Waals surface area contributed by atoms with E-state index in [4.69, 9.17) is 14.2 Å². The SMILES string of the molecule is CCOC(=O)N(CCCSCc1ccccc1)CCOc1ccc(CC(OCC)C(=O)O)cc1. The predicted molar refractivity (Wildman–Crippen MR) is 135 cm³/mol. The Hall–Kier alpha value is -2.71. The lowest BCUT2D eigenvalue weighted by atomic mass is 10.1. The average molecular weight is 490 g/mol. The Kier molecular flexibility index (Phi) is 13.0. The zero-order valence-electron chi connectivity index (χ0n) is 20.0. The fraction of sp³-hybridized carbons (Fsp3) is 0.462. The van der Waals surface area contributed by atoms with Gasteiger partial charge >= 0.3 is 12.1 Å². The van der Waals surface area contributed by atoms with Crippen molar-refractivity contribution in [3.63, 3.8) is 0 Å². The van der Waals surface area contributed by atoms with Crippen LogP contribution in [-0.4, -0.2) is 66.8 Å². The van der Waals surface area contributed by atoms with E-state index in [1.54, 1.807) is 30.9 Å². The molecule has 0 aromatic heterocycles. The minimum Gasteiger partial charge on any atom is -0.492 e. The Morgan fingerprint density at radius 2 is 1.71 bits per heavy atom. The fourth-order valence-corrected chi connectivity index (χ4v) is 4.16. The highest BCUT2D eigenvalue weighted by Crippen LogP contribution is 2.16. The van der Waals surface area contributed by atoms with Crippen LogP contribution in [0.5, 0.6) is 5.75 Å². The number of carbonyl (C=O) groups is 2. The third kappa shape index (κ3) is 10.5. The lowest BCUT2D eigenvalue weighted by Gasteiger charge is -2.22. The van der Waals surface area contributed by atoms with E-state index in [2.05, 4.69) is 12.1 Å². The standard InChI is InChI=1S/C26H35NO6S/c1-3-31-24(25(28)29)19-21-11-13-23(14-12-21)33-17-16-27(26(30)32-4-2)15-8-18-34-20-22-9-6-5-7-10-22/h5-7,9-14,24H,3-4,8,15-20H2,1-2H3,(H,28,29). The van der Waals surface area contributed by atoms with Crippen LogP contribution < -0.4 is 4.74 Å². The summed E-state index contributed by atoms with van der Waals surface area (Å²) in [6, 6.07) is 17.6. The number of nitrogens with zero attached hydrogens (tertiary/aromatic N) is 1. The van der Waals surface area contributed by atoms with Gasteiger partial charge in [0.1, 0.15) is 12.4 Å². The fourth-order valence-electron chi connectivity index (χ4n) is 3.26. The van der Waals surface area contributed by atoms with E-state index in [1.165, 1.54) is 5.56 Å². The summed E-state index contributed by atoms with van der Waals surface area (Å²) in [5.41, 5.74) is 2.15. The summed E-state index contributed by atoms with van der Waals surface area (Å²) in [5.74, 6) is 1.59. The first kappa shape index (κ1) is 27.5. The highest BCUT2D eigenvalue weighted by atomic mass is 32.2. The lowest BCUT2D eigenvalue weighted by molar-refractivity contribution is -0.149. The molecule has 1 atom stereocenters. The number of carboxylic acids is 1. The van der Waals surface area contributed by atoms with Gasteiger partial charge in [0.2, 0.25) is 0 Å². The summed E-state index contributed by atoms with van der Waals surface area (Å²) >= 11 is 1.85. The van der Waals surface area contributed by atoms with Gasteiger partial charge in [0.25, 0.3) is 0 Å². The molecule has 2 aromatic carbocycles. The maximum atomic E-state index is 12.3. The van der Waals surface area contributed by atoms with Crippen molar-refractivity contribution in [2.24, 2.45) is 0 Å². The van der Waals surface area contributed by atoms with Gasteiger partial charge in [0.05, 0.1) is 13.2 Å². The van der Waals surface area contributed by atoms with Crippen molar-refractivity contribution in [3.05, 3.63) is 65.7 Å². The molecule has 7 nitrogen and oxygen atoms in total. The van der Waals surface area contributed by atoms with Gasteiger partial charge in [-0.25, -0.2) is 9.59 Å². The summed E-state index contributed by atoms with van der Waals surface area (Å²) < 4.78 is 16.3. The molecule has 0 saturated heterocycles. The Labute approximate surface area is 206 Å². The number of carbonyl (C=O) groups excluding carboxylic acids is 1. The van der Waals surface area contributed by atoms with Crippen molar-refractivity contribution >= 4 is 23.8 Å². The van der Waals surface area contributed by atoms with Crippen LogP contribution in [0.1, 0.15) is 31.4 Å². The van der Waals surface area contributed by atoms with E-state index >= 15 is 0 Å². The predicted octanol–water partition coefficient (Wildman–Crippen LogP) is 4.88. The molecule has 0 radical (unpaired) electrons. The van der Waals surface area contributed by atoms with Gasteiger partial charge in [-0.1, -0.05) is 42.5 Å². The van der Waals surface area contributed by atoms with E-state index < -0.39 is 12.1 Å². The van der Waals surface area contributed by atoms with E-state index in [-0.39, 0.29) is 6.09 Å². The molecule has 34 heavy (non-hydrogen) atoms. The Morgan fingerprint density at radius 3 is 2.35 bits per heavy atom. The van der Waals surface area contributed by atoms with Crippen LogP contribution >= 0.6 is 11.8 Å². The van der Waals surface area contributed by atoms with Crippen molar-refractivity contribution in [2.75, 3.05) is 38.7 Å². The molecule has 1 amide bonds. The summed E-state index contributed by atoms with van der Waals surface area (Å²) in [6.45, 7) is 5.62. The first-order chi connectivity index (χ1) is 16.5. The largest absolute Gasteiger partial charge is 0.492 e. The number of ether oxygens (including phenoxy) is 3. The molecule has 0 fully saturated rings. The van der Waals surface area contributed by atoms with E-state index in [9.17, 15) is 14.7 Å². The highest BCUT2D eigenvalue weighted by Gasteiger charge is 2.18. The number of carboxylic acid groups (broad SMARTS) is 1. The van der Waals surface area contributed by atoms with Crippen LogP contribution in [0.2, 0.25) is 0 Å². The number of rotatable bonds is 16. The van der Waals surface area contributed by atoms with Crippen LogP contribution in [0, 0.1) is 0 Å². The number of hydrogen-bond donors (Lipinski definition) is 1. The second kappa shape index (κ2) is 16.0. The number of thioether (sulfide) groups is 1. The zero-order valence-corrected chi connectivity index (χ0v) is 20.8. The number of benzene rings is 2. The number of amides is 1. The number of hydrogen-bond acceptors (Lipinski definition) is 6. The topological polar surface area (TPSA) is 85.3 Å². The normalized spacial score (nSPS) is 11.6. The van der Waals surface area contributed by atoms with Crippen LogP contribution in [0.4, 0.5) is 4.79 Å². The van der Waals surface area contributed by atoms with Crippen LogP contribution in [0.25, 0.3) is 0 Å². The van der Waals surface area contributed by atoms with Crippen molar-refractivity contribution in [1.29, 1.82) is 0 Å². The van der Waals surface area contributed by atoms with Crippen molar-refractivity contribution in [1.82, 2.24) is 4.90 Å². The monoisotopic (exact) mass is 489 g/mol. The van der Waals surface area contributed by atoms with Crippen LogP contribution in [0.15, 0.2) is 54.6 Å². The summed E-state index contributed by atoms with van der Waals surface area (Å²) in [7, 11) is 0. The van der Waals surface area contributed by atoms with Crippen molar-refractivity contribution < 1.29 is 28.9 Å². The Balaban J connectivity index is 1.76. The molecule has 0 bridgehead atoms. The summed E-state index contributed by atoms with van der Waals surface area (Å²) in [6.07, 6.45) is -0.0243. The molecule has 186 valence electrons. The molecular formula is C26H35NO6S. The quantitative estimate of drug-likeness (QED) is 0.336. The summed E-state index contributed by atoms with van der Waals surface area (Å²) in [5, 5.41) is 9.22. The van der Waals surface area contributed by atoms with Gasteiger partial charge in [0.15, 0.2) is 6.10 Å². The van der Waals surface area contributed by atoms with Crippen LogP contribution in [0.3, 0.4) is 0 Å². The second-order valence-corrected chi connectivity index (χ2v) is 8.66. The molecule has 8 heteroatoms. The first-order valence-corrected chi connectivity index (χ1v) is 12.8. The van der Waals surface area contributed by atoms with E-state index in [1.807, 2.05) is 42.1 Å². The third-order valence-corrected chi connectivity index (χ3v) is 6.09. The molecule has 1 N–H and O–H groups in total. The smallest absolute Gasteiger partial charge is 0.409 e. The molecule has 0 heterocycles. The van der Waals surface area contributed by atoms with Gasteiger partial charge in [-0.2, -0.15) is 11.8 Å². The van der Waals surface area contributed by atoms with E-state index in [0.717, 1.165) is 23.5 Å². The Morgan fingerprint density at radius 1 is 0.971 bits per heavy atom. The lowest BCUT2D eigenvalue weighted by Crippen LogP contribution is -2.36. The molecule has 2 rings (SSSR count). The van der Waals surface area contributed by atoms with Crippen molar-refractivity contribution in [2.45, 2.75) is 38.5 Å². The molecule has 0 spiro atoms. The van der Waals surface area contributed by atoms with E-state index in [0.29, 0.717) is 45.1 Å². The molecule has 0 aliphatic heterocycles. The summed E-state index contributed by atoms with van der Waals surface area (Å²) in [4.78, 5) is 25.2. The molecule has 0 aliphatic rings. The van der Waals surface area contributed by atoms with Gasteiger partial charge in [-0.15, -0.1) is 0 Å².